The molecule has 2 N–H and O–H groups in total. The van der Waals surface area contributed by atoms with Crippen LogP contribution in [0.25, 0.3) is 0 Å². The minimum atomic E-state index is -1.08. The number of nitrogens with one attached hydrogen (secondary N) is 2. The van der Waals surface area contributed by atoms with E-state index in [0.29, 0.717) is 6.42 Å². The normalized spacial score (nSPS) is 14.1. The van der Waals surface area contributed by atoms with E-state index in [4.69, 9.17) is 9.47 Å². The number of esters is 2. The van der Waals surface area contributed by atoms with Crippen LogP contribution in [0.3, 0.4) is 0 Å². The van der Waals surface area contributed by atoms with E-state index in [2.05, 4.69) is 10.6 Å². The molecule has 0 radical (unpaired) electrons. The zero-order valence-corrected chi connectivity index (χ0v) is 17.8. The van der Waals surface area contributed by atoms with Gasteiger partial charge in [0.2, 0.25) is 5.91 Å². The zero-order valence-electron chi connectivity index (χ0n) is 17.8. The van der Waals surface area contributed by atoms with Crippen LogP contribution in [0.1, 0.15) is 58.3 Å². The fraction of sp³-hybridized carbons (Fsp3) is 0.524. The maximum Gasteiger partial charge on any atom is 0.408 e. The van der Waals surface area contributed by atoms with Gasteiger partial charge in [-0.3, -0.25) is 4.79 Å². The molecule has 1 unspecified atom stereocenters. The van der Waals surface area contributed by atoms with Gasteiger partial charge < -0.3 is 20.1 Å². The van der Waals surface area contributed by atoms with Crippen molar-refractivity contribution >= 4 is 23.9 Å². The number of rotatable bonds is 7. The van der Waals surface area contributed by atoms with Crippen LogP contribution in [0.4, 0.5) is 4.79 Å². The van der Waals surface area contributed by atoms with E-state index < -0.39 is 41.6 Å². The van der Waals surface area contributed by atoms with E-state index in [1.807, 2.05) is 6.92 Å². The average molecular weight is 406 g/mol. The first-order valence-electron chi connectivity index (χ1n) is 9.55. The van der Waals surface area contributed by atoms with E-state index in [0.717, 1.165) is 0 Å². The van der Waals surface area contributed by atoms with Gasteiger partial charge in [0.05, 0.1) is 5.56 Å². The number of alkyl carbamates (subject to hydrolysis) is 1. The fourth-order valence-electron chi connectivity index (χ4n) is 2.31. The van der Waals surface area contributed by atoms with Crippen LogP contribution in [-0.2, 0) is 19.1 Å². The fourth-order valence-corrected chi connectivity index (χ4v) is 2.31. The van der Waals surface area contributed by atoms with Crippen LogP contribution in [0.15, 0.2) is 30.3 Å². The number of hydrogen-bond donors (Lipinski definition) is 2. The first-order chi connectivity index (χ1) is 13.4. The van der Waals surface area contributed by atoms with Crippen LogP contribution in [0, 0.1) is 5.92 Å². The van der Waals surface area contributed by atoms with Gasteiger partial charge in [-0.25, -0.2) is 14.4 Å². The van der Waals surface area contributed by atoms with Gasteiger partial charge in [-0.15, -0.1) is 0 Å². The second-order valence-corrected chi connectivity index (χ2v) is 7.81. The number of carbonyl (C=O) groups excluding carboxylic acids is 4. The number of carbonyl (C=O) groups is 4. The molecule has 2 amide bonds. The Morgan fingerprint density at radius 1 is 1.00 bits per heavy atom. The average Bonchev–Trinajstić information content (AvgIpc) is 2.64. The van der Waals surface area contributed by atoms with Crippen molar-refractivity contribution in [1.29, 1.82) is 0 Å². The zero-order chi connectivity index (χ0) is 22.2. The molecule has 3 atom stereocenters. The van der Waals surface area contributed by atoms with E-state index in [1.54, 1.807) is 45.9 Å². The van der Waals surface area contributed by atoms with Gasteiger partial charge in [-0.05, 0) is 45.7 Å². The Labute approximate surface area is 171 Å². The highest BCUT2D eigenvalue weighted by Gasteiger charge is 2.31. The molecular formula is C21H30N2O6. The third-order valence-electron chi connectivity index (χ3n) is 4.08. The van der Waals surface area contributed by atoms with E-state index in [9.17, 15) is 19.2 Å². The lowest BCUT2D eigenvalue weighted by Gasteiger charge is -2.27. The quantitative estimate of drug-likeness (QED) is 0.532. The molecule has 0 aromatic heterocycles. The lowest BCUT2D eigenvalue weighted by molar-refractivity contribution is -0.142. The minimum Gasteiger partial charge on any atom is -0.444 e. The first kappa shape index (κ1) is 24.1. The van der Waals surface area contributed by atoms with Gasteiger partial charge in [0, 0.05) is 0 Å². The molecule has 0 saturated carbocycles. The van der Waals surface area contributed by atoms with E-state index in [-0.39, 0.29) is 11.5 Å². The Morgan fingerprint density at radius 2 is 1.59 bits per heavy atom. The van der Waals surface area contributed by atoms with Gasteiger partial charge >= 0.3 is 18.0 Å². The molecule has 0 aliphatic carbocycles. The molecule has 0 fully saturated rings. The van der Waals surface area contributed by atoms with Gasteiger partial charge in [0.1, 0.15) is 17.7 Å². The summed E-state index contributed by atoms with van der Waals surface area (Å²) >= 11 is 0. The van der Waals surface area contributed by atoms with Crippen LogP contribution < -0.4 is 10.6 Å². The summed E-state index contributed by atoms with van der Waals surface area (Å²) in [4.78, 5) is 48.9. The maximum atomic E-state index is 12.6. The van der Waals surface area contributed by atoms with Crippen molar-refractivity contribution in [1.82, 2.24) is 10.6 Å². The second-order valence-electron chi connectivity index (χ2n) is 7.81. The molecule has 0 heterocycles. The molecule has 8 nitrogen and oxygen atoms in total. The third-order valence-corrected chi connectivity index (χ3v) is 4.08. The predicted molar refractivity (Wildman–Crippen MR) is 107 cm³/mol. The molecule has 0 bridgehead atoms. The van der Waals surface area contributed by atoms with Crippen LogP contribution in [0.2, 0.25) is 0 Å². The summed E-state index contributed by atoms with van der Waals surface area (Å²) in [5.41, 5.74) is -0.487. The Balaban J connectivity index is 2.73. The van der Waals surface area contributed by atoms with Crippen molar-refractivity contribution in [2.45, 2.75) is 65.6 Å². The maximum absolute atomic E-state index is 12.6. The number of amides is 2. The number of ether oxygens (including phenoxy) is 2. The molecule has 1 aromatic rings. The Morgan fingerprint density at radius 3 is 2.10 bits per heavy atom. The first-order valence-corrected chi connectivity index (χ1v) is 9.55. The lowest BCUT2D eigenvalue weighted by Crippen LogP contribution is -2.54. The topological polar surface area (TPSA) is 111 Å². The molecule has 8 heteroatoms. The number of hydrogen-bond acceptors (Lipinski definition) is 6. The summed E-state index contributed by atoms with van der Waals surface area (Å²) < 4.78 is 10.0. The summed E-state index contributed by atoms with van der Waals surface area (Å²) in [6, 6.07) is 6.06. The Bertz CT molecular complexity index is 726. The summed E-state index contributed by atoms with van der Waals surface area (Å²) in [6.45, 7) is 10.2. The summed E-state index contributed by atoms with van der Waals surface area (Å²) in [5, 5.41) is 5.03. The molecule has 160 valence electrons. The summed E-state index contributed by atoms with van der Waals surface area (Å²) in [5.74, 6) is -2.48. The second kappa shape index (κ2) is 10.6. The van der Waals surface area contributed by atoms with Gasteiger partial charge in [0.15, 0.2) is 0 Å². The van der Waals surface area contributed by atoms with E-state index in [1.165, 1.54) is 19.1 Å². The largest absolute Gasteiger partial charge is 0.444 e. The summed E-state index contributed by atoms with van der Waals surface area (Å²) in [7, 11) is 0. The molecule has 0 aliphatic heterocycles. The van der Waals surface area contributed by atoms with Crippen molar-refractivity contribution in [2.24, 2.45) is 5.92 Å². The Hall–Kier alpha value is -2.90. The smallest absolute Gasteiger partial charge is 0.408 e. The molecule has 1 aromatic carbocycles. The SMILES string of the molecule is CC[C@H](C)C(NC(=O)OC(C)(C)C)C(=O)N[C@@H](C)C(=O)OC(=O)c1ccccc1. The van der Waals surface area contributed by atoms with Gasteiger partial charge in [-0.1, -0.05) is 38.5 Å². The lowest BCUT2D eigenvalue weighted by atomic mass is 9.98. The highest BCUT2D eigenvalue weighted by molar-refractivity contribution is 5.99. The Kier molecular flexibility index (Phi) is 8.82. The molecule has 0 saturated heterocycles. The van der Waals surface area contributed by atoms with Crippen molar-refractivity contribution in [3.8, 4) is 0 Å². The molecule has 0 spiro atoms. The highest BCUT2D eigenvalue weighted by atomic mass is 16.6. The molecule has 29 heavy (non-hydrogen) atoms. The minimum absolute atomic E-state index is 0.211. The van der Waals surface area contributed by atoms with Crippen molar-refractivity contribution in [3.63, 3.8) is 0 Å². The monoisotopic (exact) mass is 406 g/mol. The summed E-state index contributed by atoms with van der Waals surface area (Å²) in [6.07, 6.45) is -0.119. The van der Waals surface area contributed by atoms with Gasteiger partial charge in [-0.2, -0.15) is 0 Å². The van der Waals surface area contributed by atoms with Crippen LogP contribution in [-0.4, -0.2) is 41.6 Å². The van der Waals surface area contributed by atoms with E-state index >= 15 is 0 Å². The van der Waals surface area contributed by atoms with Crippen LogP contribution >= 0.6 is 0 Å². The van der Waals surface area contributed by atoms with Gasteiger partial charge in [0.25, 0.3) is 0 Å². The van der Waals surface area contributed by atoms with Crippen LogP contribution in [0.5, 0.6) is 0 Å². The van der Waals surface area contributed by atoms with Crippen molar-refractivity contribution < 1.29 is 28.7 Å². The van der Waals surface area contributed by atoms with Crippen molar-refractivity contribution in [2.75, 3.05) is 0 Å². The third kappa shape index (κ3) is 8.33. The highest BCUT2D eigenvalue weighted by Crippen LogP contribution is 2.12. The standard InChI is InChI=1S/C21H30N2O6/c1-7-13(2)16(23-20(27)29-21(4,5)6)17(24)22-14(3)18(25)28-19(26)15-11-9-8-10-12-15/h8-14,16H,7H2,1-6H3,(H,22,24)(H,23,27)/t13-,14-,16?/m0/s1. The predicted octanol–water partition coefficient (Wildman–Crippen LogP) is 2.81. The molecule has 1 rings (SSSR count). The number of benzene rings is 1. The molecule has 0 aliphatic rings. The molecular weight excluding hydrogens is 376 g/mol. The van der Waals surface area contributed by atoms with Crippen molar-refractivity contribution in [3.05, 3.63) is 35.9 Å².